The normalized spacial score (nSPS) is 12.1. The molecular weight excluding hydrogens is 382 g/mol. The Morgan fingerprint density at radius 1 is 1.37 bits per heavy atom. The number of methoxy groups -OCH3 is 1. The Bertz CT molecular complexity index is 1010. The minimum Gasteiger partial charge on any atom is -0.495 e. The number of nitrogens with zero attached hydrogens (tertiary/aromatic N) is 2. The second-order valence-electron chi connectivity index (χ2n) is 6.01. The molecule has 0 saturated heterocycles. The number of thioether (sulfide) groups is 1. The molecule has 1 amide bonds. The zero-order valence-electron chi connectivity index (χ0n) is 15.4. The molecule has 1 aromatic carbocycles. The minimum absolute atomic E-state index is 0.0828. The molecule has 1 atom stereocenters. The van der Waals surface area contributed by atoms with E-state index in [9.17, 15) is 9.59 Å². The highest BCUT2D eigenvalue weighted by molar-refractivity contribution is 7.99. The topological polar surface area (TPSA) is 73.2 Å². The maximum absolute atomic E-state index is 13.1. The maximum Gasteiger partial charge on any atom is 0.276 e. The summed E-state index contributed by atoms with van der Waals surface area (Å²) in [5.41, 5.74) is 1.09. The lowest BCUT2D eigenvalue weighted by Gasteiger charge is -2.15. The smallest absolute Gasteiger partial charge is 0.276 e. The lowest BCUT2D eigenvalue weighted by Crippen LogP contribution is -2.33. The highest BCUT2D eigenvalue weighted by atomic mass is 32.2. The van der Waals surface area contributed by atoms with Crippen molar-refractivity contribution in [3.8, 4) is 11.4 Å². The van der Waals surface area contributed by atoms with E-state index in [4.69, 9.17) is 4.74 Å². The first kappa shape index (κ1) is 19.4. The van der Waals surface area contributed by atoms with Gasteiger partial charge in [0, 0.05) is 6.04 Å². The molecule has 0 saturated carbocycles. The van der Waals surface area contributed by atoms with E-state index >= 15 is 0 Å². The SMILES string of the molecule is CCC(C)NC(=O)CSc1nc2ccsc2c(=O)n1-c1ccccc1OC. The molecule has 0 spiro atoms. The summed E-state index contributed by atoms with van der Waals surface area (Å²) < 4.78 is 7.53. The van der Waals surface area contributed by atoms with E-state index in [0.717, 1.165) is 6.42 Å². The van der Waals surface area contributed by atoms with Crippen LogP contribution >= 0.6 is 23.1 Å². The Morgan fingerprint density at radius 3 is 2.89 bits per heavy atom. The average molecular weight is 404 g/mol. The van der Waals surface area contributed by atoms with Gasteiger partial charge in [-0.2, -0.15) is 0 Å². The van der Waals surface area contributed by atoms with Gasteiger partial charge in [0.1, 0.15) is 10.4 Å². The van der Waals surface area contributed by atoms with Gasteiger partial charge in [0.15, 0.2) is 5.16 Å². The van der Waals surface area contributed by atoms with Crippen LogP contribution in [-0.2, 0) is 4.79 Å². The molecule has 0 aliphatic rings. The van der Waals surface area contributed by atoms with E-state index in [0.29, 0.717) is 26.8 Å². The zero-order chi connectivity index (χ0) is 19.4. The second-order valence-corrected chi connectivity index (χ2v) is 7.87. The van der Waals surface area contributed by atoms with Crippen molar-refractivity contribution in [3.05, 3.63) is 46.1 Å². The van der Waals surface area contributed by atoms with Crippen molar-refractivity contribution in [3.63, 3.8) is 0 Å². The van der Waals surface area contributed by atoms with Gasteiger partial charge >= 0.3 is 0 Å². The first-order valence-electron chi connectivity index (χ1n) is 8.61. The largest absolute Gasteiger partial charge is 0.495 e. The van der Waals surface area contributed by atoms with Gasteiger partial charge in [-0.1, -0.05) is 30.8 Å². The number of para-hydroxylation sites is 2. The number of carbonyl (C=O) groups is 1. The van der Waals surface area contributed by atoms with Crippen LogP contribution in [0.25, 0.3) is 15.9 Å². The number of fused-ring (bicyclic) bond motifs is 1. The average Bonchev–Trinajstić information content (AvgIpc) is 3.15. The molecule has 0 bridgehead atoms. The summed E-state index contributed by atoms with van der Waals surface area (Å²) in [5, 5.41) is 5.24. The molecule has 0 aliphatic carbocycles. The number of rotatable bonds is 7. The first-order valence-corrected chi connectivity index (χ1v) is 10.5. The van der Waals surface area contributed by atoms with Crippen LogP contribution in [0.15, 0.2) is 45.7 Å². The molecule has 2 heterocycles. The quantitative estimate of drug-likeness (QED) is 0.483. The number of amides is 1. The highest BCUT2D eigenvalue weighted by Gasteiger charge is 2.18. The number of aromatic nitrogens is 2. The Labute approximate surface area is 165 Å². The molecular formula is C19H21N3O3S2. The summed E-state index contributed by atoms with van der Waals surface area (Å²) >= 11 is 2.60. The molecule has 8 heteroatoms. The standard InChI is InChI=1S/C19H21N3O3S2/c1-4-12(2)20-16(23)11-27-19-21-13-9-10-26-17(13)18(24)22(19)14-7-5-6-8-15(14)25-3/h5-10,12H,4,11H2,1-3H3,(H,20,23). The van der Waals surface area contributed by atoms with Gasteiger partial charge in [0.2, 0.25) is 5.91 Å². The fourth-order valence-electron chi connectivity index (χ4n) is 2.56. The number of benzene rings is 1. The van der Waals surface area contributed by atoms with E-state index in [2.05, 4.69) is 10.3 Å². The van der Waals surface area contributed by atoms with E-state index in [1.807, 2.05) is 43.5 Å². The van der Waals surface area contributed by atoms with Crippen LogP contribution in [0.2, 0.25) is 0 Å². The molecule has 0 fully saturated rings. The summed E-state index contributed by atoms with van der Waals surface area (Å²) in [7, 11) is 1.56. The van der Waals surface area contributed by atoms with Crippen molar-refractivity contribution in [1.29, 1.82) is 0 Å². The maximum atomic E-state index is 13.1. The lowest BCUT2D eigenvalue weighted by molar-refractivity contribution is -0.119. The van der Waals surface area contributed by atoms with Gasteiger partial charge in [0.25, 0.3) is 5.56 Å². The molecule has 2 aromatic heterocycles. The van der Waals surface area contributed by atoms with Gasteiger partial charge in [-0.15, -0.1) is 11.3 Å². The molecule has 142 valence electrons. The summed E-state index contributed by atoms with van der Waals surface area (Å²) in [6, 6.07) is 9.22. The van der Waals surface area contributed by atoms with Crippen LogP contribution in [0.4, 0.5) is 0 Å². The molecule has 3 aromatic rings. The number of nitrogens with one attached hydrogen (secondary N) is 1. The van der Waals surface area contributed by atoms with Gasteiger partial charge in [-0.05, 0) is 36.9 Å². The van der Waals surface area contributed by atoms with Crippen molar-refractivity contribution < 1.29 is 9.53 Å². The number of carbonyl (C=O) groups excluding carboxylic acids is 1. The van der Waals surface area contributed by atoms with Crippen LogP contribution in [0, 0.1) is 0 Å². The van der Waals surface area contributed by atoms with E-state index in [1.165, 1.54) is 27.7 Å². The predicted octanol–water partition coefficient (Wildman–Crippen LogP) is 3.46. The van der Waals surface area contributed by atoms with Gasteiger partial charge < -0.3 is 10.1 Å². The zero-order valence-corrected chi connectivity index (χ0v) is 17.0. The van der Waals surface area contributed by atoms with Crippen molar-refractivity contribution >= 4 is 39.2 Å². The fourth-order valence-corrected chi connectivity index (χ4v) is 4.14. The van der Waals surface area contributed by atoms with Crippen molar-refractivity contribution in [2.75, 3.05) is 12.9 Å². The summed E-state index contributed by atoms with van der Waals surface area (Å²) in [5.74, 6) is 0.672. The molecule has 1 N–H and O–H groups in total. The van der Waals surface area contributed by atoms with E-state index in [-0.39, 0.29) is 23.3 Å². The van der Waals surface area contributed by atoms with Gasteiger partial charge in [-0.25, -0.2) is 4.98 Å². The van der Waals surface area contributed by atoms with Crippen LogP contribution in [-0.4, -0.2) is 34.4 Å². The van der Waals surface area contributed by atoms with Gasteiger partial charge in [-0.3, -0.25) is 14.2 Å². The van der Waals surface area contributed by atoms with Crippen LogP contribution in [0.1, 0.15) is 20.3 Å². The van der Waals surface area contributed by atoms with Crippen LogP contribution in [0.5, 0.6) is 5.75 Å². The molecule has 27 heavy (non-hydrogen) atoms. The summed E-state index contributed by atoms with van der Waals surface area (Å²) in [4.78, 5) is 29.9. The summed E-state index contributed by atoms with van der Waals surface area (Å²) in [6.07, 6.45) is 0.863. The van der Waals surface area contributed by atoms with Crippen LogP contribution in [0.3, 0.4) is 0 Å². The highest BCUT2D eigenvalue weighted by Crippen LogP contribution is 2.28. The molecule has 0 aliphatic heterocycles. The number of hydrogen-bond acceptors (Lipinski definition) is 6. The lowest BCUT2D eigenvalue weighted by atomic mass is 10.3. The third-order valence-electron chi connectivity index (χ3n) is 4.13. The molecule has 6 nitrogen and oxygen atoms in total. The predicted molar refractivity (Wildman–Crippen MR) is 110 cm³/mol. The van der Waals surface area contributed by atoms with Crippen LogP contribution < -0.4 is 15.6 Å². The minimum atomic E-state index is -0.163. The molecule has 0 radical (unpaired) electrons. The number of thiophene rings is 1. The Hall–Kier alpha value is -2.32. The fraction of sp³-hybridized carbons (Fsp3) is 0.316. The van der Waals surface area contributed by atoms with Crippen molar-refractivity contribution in [2.24, 2.45) is 0 Å². The van der Waals surface area contributed by atoms with E-state index in [1.54, 1.807) is 13.2 Å². The number of ether oxygens (including phenoxy) is 1. The van der Waals surface area contributed by atoms with E-state index < -0.39 is 0 Å². The summed E-state index contributed by atoms with van der Waals surface area (Å²) in [6.45, 7) is 3.98. The first-order chi connectivity index (χ1) is 13.0. The third-order valence-corrected chi connectivity index (χ3v) is 5.96. The third kappa shape index (κ3) is 4.17. The van der Waals surface area contributed by atoms with Crippen molar-refractivity contribution in [1.82, 2.24) is 14.9 Å². The molecule has 1 unspecified atom stereocenters. The Kier molecular flexibility index (Phi) is 6.18. The number of hydrogen-bond donors (Lipinski definition) is 1. The van der Waals surface area contributed by atoms with Crippen molar-refractivity contribution in [2.45, 2.75) is 31.5 Å². The monoisotopic (exact) mass is 403 g/mol. The Balaban J connectivity index is 2.03. The molecule has 3 rings (SSSR count). The second kappa shape index (κ2) is 8.58. The van der Waals surface area contributed by atoms with Gasteiger partial charge in [0.05, 0.1) is 24.1 Å². The Morgan fingerprint density at radius 2 is 2.15 bits per heavy atom.